The third-order valence-electron chi connectivity index (χ3n) is 17.2. The van der Waals surface area contributed by atoms with Gasteiger partial charge in [-0.1, -0.05) is 45.9 Å². The molecule has 2 N–H and O–H groups in total. The normalized spacial score (nSPS) is 17.8. The summed E-state index contributed by atoms with van der Waals surface area (Å²) in [6.07, 6.45) is 12.1. The molecule has 25 heteroatoms. The molecule has 0 amide bonds. The second-order valence-corrected chi connectivity index (χ2v) is 28.6. The maximum Gasteiger partial charge on any atom is 0.334 e. The molecule has 590 valence electrons. The van der Waals surface area contributed by atoms with Crippen LogP contribution >= 0.6 is 0 Å². The van der Waals surface area contributed by atoms with Crippen LogP contribution in [-0.4, -0.2) is 122 Å². The van der Waals surface area contributed by atoms with Gasteiger partial charge in [0.25, 0.3) is 0 Å². The van der Waals surface area contributed by atoms with Crippen LogP contribution in [-0.2, 0) is 139 Å². The fraction of sp³-hybridized carbons (Fsp3) is 0.568. The monoisotopic (exact) mass is 1490 g/mol. The van der Waals surface area contributed by atoms with Gasteiger partial charge in [0.15, 0.2) is 22.4 Å². The summed E-state index contributed by atoms with van der Waals surface area (Å²) in [6, 6.07) is 14.4. The van der Waals surface area contributed by atoms with Crippen molar-refractivity contribution in [1.29, 1.82) is 0 Å². The molecule has 2 aliphatic carbocycles. The van der Waals surface area contributed by atoms with Crippen LogP contribution in [0.15, 0.2) is 140 Å². The number of aliphatic hydroxyl groups is 2. The highest BCUT2D eigenvalue weighted by atomic mass is 16.6. The molecule has 4 unspecified atom stereocenters. The maximum absolute atomic E-state index is 11.9. The van der Waals surface area contributed by atoms with Gasteiger partial charge in [-0.2, -0.15) is 0 Å². The van der Waals surface area contributed by atoms with Crippen molar-refractivity contribution in [2.75, 3.05) is 34.5 Å². The predicted molar refractivity (Wildman–Crippen MR) is 392 cm³/mol. The second kappa shape index (κ2) is 42.8. The van der Waals surface area contributed by atoms with Gasteiger partial charge in [0.1, 0.15) is 90.3 Å². The molecule has 6 heterocycles. The minimum Gasteiger partial charge on any atom is -0.463 e. The zero-order valence-electron chi connectivity index (χ0n) is 65.5. The summed E-state index contributed by atoms with van der Waals surface area (Å²) in [5, 5.41) is 17.8. The van der Waals surface area contributed by atoms with Crippen LogP contribution in [0.4, 0.5) is 0 Å². The van der Waals surface area contributed by atoms with Gasteiger partial charge >= 0.3 is 41.8 Å². The number of carbonyl (C=O) groups excluding carboxylic acids is 7. The van der Waals surface area contributed by atoms with E-state index in [2.05, 4.69) is 39.5 Å². The first-order valence-corrected chi connectivity index (χ1v) is 35.4. The molecule has 0 radical (unpaired) electrons. The quantitative estimate of drug-likeness (QED) is 0.0303. The van der Waals surface area contributed by atoms with E-state index in [1.165, 1.54) is 6.92 Å². The van der Waals surface area contributed by atoms with Crippen LogP contribution in [0.5, 0.6) is 0 Å². The molecule has 4 atom stereocenters. The zero-order valence-corrected chi connectivity index (χ0v) is 65.5. The predicted octanol–water partition coefficient (Wildman–Crippen LogP) is 15.0. The Kier molecular flexibility index (Phi) is 37.1. The molecule has 2 aliphatic heterocycles. The fourth-order valence-electron chi connectivity index (χ4n) is 11.2. The Balaban J connectivity index is 0.000000331. The third kappa shape index (κ3) is 29.4. The lowest BCUT2D eigenvalue weighted by Gasteiger charge is -2.35. The van der Waals surface area contributed by atoms with E-state index < -0.39 is 57.5 Å². The molecule has 106 heavy (non-hydrogen) atoms. The van der Waals surface area contributed by atoms with Crippen LogP contribution in [0, 0.1) is 0 Å². The van der Waals surface area contributed by atoms with Crippen molar-refractivity contribution in [3.05, 3.63) is 168 Å². The van der Waals surface area contributed by atoms with Gasteiger partial charge in [0.2, 0.25) is 0 Å². The Bertz CT molecular complexity index is 3560. The molecule has 4 aromatic rings. The van der Waals surface area contributed by atoms with Gasteiger partial charge in [-0.15, -0.1) is 0 Å². The first-order valence-electron chi connectivity index (χ1n) is 35.4. The summed E-state index contributed by atoms with van der Waals surface area (Å²) in [7, 11) is 4.84. The van der Waals surface area contributed by atoms with Crippen molar-refractivity contribution in [3.8, 4) is 0 Å². The lowest BCUT2D eigenvalue weighted by atomic mass is 9.82. The van der Waals surface area contributed by atoms with Crippen molar-refractivity contribution >= 4 is 41.8 Å². The summed E-state index contributed by atoms with van der Waals surface area (Å²) >= 11 is 0. The minimum absolute atomic E-state index is 0.0149. The smallest absolute Gasteiger partial charge is 0.334 e. The largest absolute Gasteiger partial charge is 0.463 e. The summed E-state index contributed by atoms with van der Waals surface area (Å²) in [5.74, 6) is 2.35. The van der Waals surface area contributed by atoms with Crippen molar-refractivity contribution in [3.63, 3.8) is 0 Å². The van der Waals surface area contributed by atoms with E-state index in [9.17, 15) is 33.6 Å². The molecule has 0 bridgehead atoms. The van der Waals surface area contributed by atoms with E-state index >= 15 is 0 Å². The van der Waals surface area contributed by atoms with Gasteiger partial charge in [-0.05, 0) is 216 Å². The second-order valence-electron chi connectivity index (χ2n) is 28.6. The number of methoxy groups -OCH3 is 3. The minimum atomic E-state index is -0.862. The molecule has 4 fully saturated rings. The summed E-state index contributed by atoms with van der Waals surface area (Å²) in [5.41, 5.74) is -2.41. The average molecular weight is 1490 g/mol. The fourth-order valence-corrected chi connectivity index (χ4v) is 11.2. The highest BCUT2D eigenvalue weighted by Crippen LogP contribution is 2.45. The Morgan fingerprint density at radius 2 is 0.811 bits per heavy atom. The van der Waals surface area contributed by atoms with Gasteiger partial charge in [-0.3, -0.25) is 4.79 Å². The number of carbonyl (C=O) groups is 7. The van der Waals surface area contributed by atoms with E-state index in [1.807, 2.05) is 52.0 Å². The number of ether oxygens (including phenoxy) is 12. The van der Waals surface area contributed by atoms with E-state index in [4.69, 9.17) is 84.7 Å². The first-order chi connectivity index (χ1) is 49.6. The lowest BCUT2D eigenvalue weighted by molar-refractivity contribution is -0.169. The van der Waals surface area contributed by atoms with E-state index in [0.717, 1.165) is 107 Å². The SMILES string of the molecule is C=C(C)C(=O)OC(C)(C)C1CCC(CO)O1.C=C(C)C(=O)OC(C)(C)C1CCC(COC(C)=O)O1.C=C(C)C(=O)OC(C)(C)c1ccc(COC)o1.C=C(C)C(=O)OC1(c2ccc(COC)o2)CCCC1.C=C(C)C(=O)OC1(c2ccc(COC)o2)CCCCC1.C=CC(=O)OC(C)(C)c1ccc(CO)o1. The standard InChI is InChI=1S/C16H22O4.C15H20O4.C14H22O5.C13H18O4.C12H20O4.C11H14O4/c1-12(2)15(17)20-16(9-5-4-6-10-16)14-8-7-13(19-14)11-18-3;1-11(2)14(16)19-15(8-4-5-9-15)13-7-6-12(18-13)10-17-3;1-9(2)13(16)19-14(4,5)12-7-6-11(18-12)8-17-10(3)15;1-9(2)12(14)17-13(3,4)11-7-6-10(16-11)8-15-5;1-8(2)11(14)16-12(3,4)10-6-5-9(7-13)15-10;1-4-10(13)15-11(2,3)9-6-5-8(7-12)14-9/h7-8H,1,4-6,9-11H2,2-3H3;6-7H,1,4-5,8-10H2,2-3H3;11-12H,1,6-8H2,2-5H3;6-7H,1,8H2,2-5H3;9-10,13H,1,5-7H2,2-4H3;4-6,12H,1,7H2,2-3H3. The van der Waals surface area contributed by atoms with Crippen molar-refractivity contribution in [1.82, 2.24) is 0 Å². The van der Waals surface area contributed by atoms with Crippen LogP contribution in [0.3, 0.4) is 0 Å². The third-order valence-corrected chi connectivity index (χ3v) is 17.2. The van der Waals surface area contributed by atoms with E-state index in [-0.39, 0.29) is 62.1 Å². The molecular formula is C81H116O25. The average Bonchev–Trinajstić information content (AvgIpc) is 1.63. The summed E-state index contributed by atoms with van der Waals surface area (Å²) in [4.78, 5) is 80.0. The number of esters is 7. The zero-order chi connectivity index (χ0) is 80.0. The lowest BCUT2D eigenvalue weighted by Crippen LogP contribution is -2.41. The number of furan rings is 4. The van der Waals surface area contributed by atoms with Gasteiger partial charge in [0.05, 0.1) is 31.0 Å². The van der Waals surface area contributed by atoms with E-state index in [0.29, 0.717) is 76.5 Å². The van der Waals surface area contributed by atoms with Crippen molar-refractivity contribution < 1.29 is 118 Å². The summed E-state index contributed by atoms with van der Waals surface area (Å²) < 4.78 is 86.3. The Labute approximate surface area is 624 Å². The molecule has 8 rings (SSSR count). The van der Waals surface area contributed by atoms with Crippen molar-refractivity contribution in [2.24, 2.45) is 0 Å². The topological polar surface area (TPSA) is 323 Å². The van der Waals surface area contributed by atoms with Crippen molar-refractivity contribution in [2.45, 2.75) is 265 Å². The van der Waals surface area contributed by atoms with E-state index in [1.54, 1.807) is 108 Å². The van der Waals surface area contributed by atoms with Gasteiger partial charge in [-0.25, -0.2) is 28.8 Å². The molecule has 25 nitrogen and oxygen atoms in total. The first kappa shape index (κ1) is 91.8. The number of rotatable bonds is 28. The molecule has 4 aromatic heterocycles. The number of hydrogen-bond donors (Lipinski definition) is 2. The summed E-state index contributed by atoms with van der Waals surface area (Å²) in [6.45, 7) is 46.3. The van der Waals surface area contributed by atoms with Gasteiger partial charge in [0, 0.05) is 62.2 Å². The molecule has 0 aromatic carbocycles. The molecular weight excluding hydrogens is 1370 g/mol. The van der Waals surface area contributed by atoms with Crippen LogP contribution < -0.4 is 0 Å². The molecule has 0 spiro atoms. The van der Waals surface area contributed by atoms with Crippen LogP contribution in [0.2, 0.25) is 0 Å². The highest BCUT2D eigenvalue weighted by molar-refractivity contribution is 5.89. The maximum atomic E-state index is 11.9. The van der Waals surface area contributed by atoms with Gasteiger partial charge < -0.3 is 84.7 Å². The Morgan fingerprint density at radius 3 is 1.17 bits per heavy atom. The number of hydrogen-bond acceptors (Lipinski definition) is 25. The van der Waals surface area contributed by atoms with Crippen LogP contribution in [0.1, 0.15) is 226 Å². The Morgan fingerprint density at radius 1 is 0.462 bits per heavy atom. The molecule has 4 aliphatic rings. The number of aliphatic hydroxyl groups excluding tert-OH is 2. The van der Waals surface area contributed by atoms with Crippen LogP contribution in [0.25, 0.3) is 0 Å². The molecule has 2 saturated heterocycles. The Hall–Kier alpha value is -8.43. The molecule has 2 saturated carbocycles. The highest BCUT2D eigenvalue weighted by Gasteiger charge is 2.45.